The number of hydrogen-bond donors (Lipinski definition) is 1. The average Bonchev–Trinajstić information content (AvgIpc) is 2.38. The summed E-state index contributed by atoms with van der Waals surface area (Å²) in [5.74, 6) is 0.703. The van der Waals surface area contributed by atoms with Crippen LogP contribution >= 0.6 is 0 Å². The van der Waals surface area contributed by atoms with Gasteiger partial charge in [-0.1, -0.05) is 0 Å². The molecule has 0 spiro atoms. The van der Waals surface area contributed by atoms with Gasteiger partial charge in [-0.25, -0.2) is 4.98 Å². The van der Waals surface area contributed by atoms with E-state index in [9.17, 15) is 0 Å². The predicted octanol–water partition coefficient (Wildman–Crippen LogP) is 1.54. The van der Waals surface area contributed by atoms with Crippen LogP contribution in [0.4, 0.5) is 11.5 Å². The van der Waals surface area contributed by atoms with Gasteiger partial charge in [0.1, 0.15) is 11.9 Å². The Kier molecular flexibility index (Phi) is 3.39. The minimum atomic E-state index is -0.173. The Hall–Kier alpha value is -1.80. The molecule has 0 aliphatic carbocycles. The van der Waals surface area contributed by atoms with Gasteiger partial charge in [-0.2, -0.15) is 5.26 Å². The molecule has 0 saturated carbocycles. The molecule has 2 rings (SSSR count). The second kappa shape index (κ2) is 4.83. The molecule has 2 N–H and O–H groups in total. The van der Waals surface area contributed by atoms with Crippen LogP contribution in [-0.4, -0.2) is 30.8 Å². The van der Waals surface area contributed by atoms with Crippen molar-refractivity contribution in [1.82, 2.24) is 4.98 Å². The van der Waals surface area contributed by atoms with Gasteiger partial charge in [0, 0.05) is 20.2 Å². The summed E-state index contributed by atoms with van der Waals surface area (Å²) in [4.78, 5) is 6.40. The SMILES string of the molecule is COC1(C)CCCN(c2ncc(N)cc2C#N)C1. The van der Waals surface area contributed by atoms with Gasteiger partial charge in [0.25, 0.3) is 0 Å². The van der Waals surface area contributed by atoms with Crippen molar-refractivity contribution < 1.29 is 4.74 Å². The molecule has 1 aromatic heterocycles. The highest BCUT2D eigenvalue weighted by Crippen LogP contribution is 2.29. The highest BCUT2D eigenvalue weighted by molar-refractivity contribution is 5.59. The molecule has 0 bridgehead atoms. The third-order valence-electron chi connectivity index (χ3n) is 3.46. The number of anilines is 2. The van der Waals surface area contributed by atoms with E-state index in [2.05, 4.69) is 22.9 Å². The number of piperidine rings is 1. The third-order valence-corrected chi connectivity index (χ3v) is 3.46. The van der Waals surface area contributed by atoms with Gasteiger partial charge < -0.3 is 15.4 Å². The largest absolute Gasteiger partial charge is 0.397 e. The van der Waals surface area contributed by atoms with Crippen molar-refractivity contribution in [2.24, 2.45) is 0 Å². The lowest BCUT2D eigenvalue weighted by molar-refractivity contribution is -0.00482. The normalized spacial score (nSPS) is 23.7. The molecule has 2 heterocycles. The first-order valence-corrected chi connectivity index (χ1v) is 6.04. The molecule has 1 aromatic rings. The van der Waals surface area contributed by atoms with E-state index in [1.54, 1.807) is 19.4 Å². The van der Waals surface area contributed by atoms with E-state index in [1.807, 2.05) is 0 Å². The van der Waals surface area contributed by atoms with E-state index in [1.165, 1.54) is 0 Å². The summed E-state index contributed by atoms with van der Waals surface area (Å²) in [5, 5.41) is 9.16. The standard InChI is InChI=1S/C13H18N4O/c1-13(18-2)4-3-5-17(9-13)12-10(7-14)6-11(15)8-16-12/h6,8H,3-5,9,15H2,1-2H3. The van der Waals surface area contributed by atoms with Crippen LogP contribution in [0.5, 0.6) is 0 Å². The van der Waals surface area contributed by atoms with Crippen molar-refractivity contribution in [3.05, 3.63) is 17.8 Å². The number of hydrogen-bond acceptors (Lipinski definition) is 5. The summed E-state index contributed by atoms with van der Waals surface area (Å²) in [6.07, 6.45) is 3.65. The molecule has 1 unspecified atom stereocenters. The minimum Gasteiger partial charge on any atom is -0.397 e. The summed E-state index contributed by atoms with van der Waals surface area (Å²) in [6.45, 7) is 3.72. The number of pyridine rings is 1. The second-order valence-electron chi connectivity index (χ2n) is 4.93. The monoisotopic (exact) mass is 246 g/mol. The molecule has 0 radical (unpaired) electrons. The number of nitrogens with two attached hydrogens (primary N) is 1. The molecule has 1 atom stereocenters. The summed E-state index contributed by atoms with van der Waals surface area (Å²) in [6, 6.07) is 3.82. The lowest BCUT2D eigenvalue weighted by Crippen LogP contribution is -2.48. The quantitative estimate of drug-likeness (QED) is 0.856. The maximum Gasteiger partial charge on any atom is 0.146 e. The fourth-order valence-electron chi connectivity index (χ4n) is 2.36. The van der Waals surface area contributed by atoms with Crippen LogP contribution in [0.1, 0.15) is 25.3 Å². The van der Waals surface area contributed by atoms with E-state index in [0.717, 1.165) is 25.9 Å². The molecule has 0 aromatic carbocycles. The fourth-order valence-corrected chi connectivity index (χ4v) is 2.36. The molecule has 1 saturated heterocycles. The van der Waals surface area contributed by atoms with Crippen LogP contribution in [0, 0.1) is 11.3 Å². The van der Waals surface area contributed by atoms with Gasteiger partial charge in [0.15, 0.2) is 0 Å². The Morgan fingerprint density at radius 1 is 1.61 bits per heavy atom. The molecule has 96 valence electrons. The first-order chi connectivity index (χ1) is 8.58. The molecule has 18 heavy (non-hydrogen) atoms. The number of aromatic nitrogens is 1. The lowest BCUT2D eigenvalue weighted by atomic mass is 9.94. The predicted molar refractivity (Wildman–Crippen MR) is 70.2 cm³/mol. The molecule has 5 nitrogen and oxygen atoms in total. The highest BCUT2D eigenvalue weighted by Gasteiger charge is 2.32. The summed E-state index contributed by atoms with van der Waals surface area (Å²) in [5.41, 5.74) is 6.52. The number of rotatable bonds is 2. The Bertz CT molecular complexity index is 482. The summed E-state index contributed by atoms with van der Waals surface area (Å²) in [7, 11) is 1.73. The van der Waals surface area contributed by atoms with Crippen molar-refractivity contribution in [3.8, 4) is 6.07 Å². The molecule has 0 amide bonds. The third kappa shape index (κ3) is 2.39. The zero-order chi connectivity index (χ0) is 13.2. The van der Waals surface area contributed by atoms with E-state index < -0.39 is 0 Å². The van der Waals surface area contributed by atoms with Crippen LogP contribution < -0.4 is 10.6 Å². The van der Waals surface area contributed by atoms with Crippen LogP contribution in [0.3, 0.4) is 0 Å². The van der Waals surface area contributed by atoms with E-state index in [-0.39, 0.29) is 5.60 Å². The van der Waals surface area contributed by atoms with Gasteiger partial charge >= 0.3 is 0 Å². The van der Waals surface area contributed by atoms with E-state index >= 15 is 0 Å². The zero-order valence-electron chi connectivity index (χ0n) is 10.8. The molecular weight excluding hydrogens is 228 g/mol. The van der Waals surface area contributed by atoms with Crippen molar-refractivity contribution in [1.29, 1.82) is 5.26 Å². The Balaban J connectivity index is 2.29. The van der Waals surface area contributed by atoms with Crippen LogP contribution in [0.15, 0.2) is 12.3 Å². The number of methoxy groups -OCH3 is 1. The maximum atomic E-state index is 9.16. The molecule has 1 aliphatic rings. The van der Waals surface area contributed by atoms with Gasteiger partial charge in [-0.05, 0) is 25.8 Å². The van der Waals surface area contributed by atoms with Crippen molar-refractivity contribution in [2.75, 3.05) is 30.8 Å². The van der Waals surface area contributed by atoms with E-state index in [4.69, 9.17) is 15.7 Å². The smallest absolute Gasteiger partial charge is 0.146 e. The Morgan fingerprint density at radius 2 is 2.39 bits per heavy atom. The molecule has 1 fully saturated rings. The first kappa shape index (κ1) is 12.7. The Morgan fingerprint density at radius 3 is 3.06 bits per heavy atom. The van der Waals surface area contributed by atoms with Gasteiger partial charge in [0.2, 0.25) is 0 Å². The lowest BCUT2D eigenvalue weighted by Gasteiger charge is -2.40. The van der Waals surface area contributed by atoms with Crippen LogP contribution in [-0.2, 0) is 4.74 Å². The zero-order valence-corrected chi connectivity index (χ0v) is 10.8. The van der Waals surface area contributed by atoms with Crippen LogP contribution in [0.2, 0.25) is 0 Å². The minimum absolute atomic E-state index is 0.173. The summed E-state index contributed by atoms with van der Waals surface area (Å²) < 4.78 is 5.55. The molecule has 1 aliphatic heterocycles. The fraction of sp³-hybridized carbons (Fsp3) is 0.538. The molecule has 5 heteroatoms. The van der Waals surface area contributed by atoms with Gasteiger partial charge in [-0.15, -0.1) is 0 Å². The molecular formula is C13H18N4O. The Labute approximate surface area is 107 Å². The maximum absolute atomic E-state index is 9.16. The number of nitriles is 1. The number of nitrogens with zero attached hydrogens (tertiary/aromatic N) is 3. The van der Waals surface area contributed by atoms with Crippen molar-refractivity contribution in [2.45, 2.75) is 25.4 Å². The van der Waals surface area contributed by atoms with Gasteiger partial charge in [0.05, 0.1) is 23.0 Å². The number of ether oxygens (including phenoxy) is 1. The van der Waals surface area contributed by atoms with Crippen molar-refractivity contribution >= 4 is 11.5 Å². The first-order valence-electron chi connectivity index (χ1n) is 6.04. The van der Waals surface area contributed by atoms with Gasteiger partial charge in [-0.3, -0.25) is 0 Å². The number of nitrogen functional groups attached to an aromatic ring is 1. The average molecular weight is 246 g/mol. The van der Waals surface area contributed by atoms with E-state index in [0.29, 0.717) is 17.1 Å². The summed E-state index contributed by atoms with van der Waals surface area (Å²) >= 11 is 0. The topological polar surface area (TPSA) is 75.2 Å². The highest BCUT2D eigenvalue weighted by atomic mass is 16.5. The van der Waals surface area contributed by atoms with Crippen molar-refractivity contribution in [3.63, 3.8) is 0 Å². The second-order valence-corrected chi connectivity index (χ2v) is 4.93. The van der Waals surface area contributed by atoms with Crippen LogP contribution in [0.25, 0.3) is 0 Å².